The maximum atomic E-state index is 10.9. The van der Waals surface area contributed by atoms with Crippen molar-refractivity contribution in [3.63, 3.8) is 0 Å². The normalized spacial score (nSPS) is 12.0. The summed E-state index contributed by atoms with van der Waals surface area (Å²) in [6, 6.07) is 3.09. The van der Waals surface area contributed by atoms with E-state index in [1.165, 1.54) is 13.2 Å². The SMILES string of the molecule is COc1cc(Cl)cc(C=O)c1OCC(C)CO. The van der Waals surface area contributed by atoms with Crippen LogP contribution in [0.5, 0.6) is 11.5 Å². The molecular weight excluding hydrogens is 244 g/mol. The lowest BCUT2D eigenvalue weighted by molar-refractivity contribution is 0.111. The van der Waals surface area contributed by atoms with E-state index in [9.17, 15) is 4.79 Å². The Morgan fingerprint density at radius 3 is 2.76 bits per heavy atom. The van der Waals surface area contributed by atoms with Gasteiger partial charge in [-0.1, -0.05) is 18.5 Å². The number of aliphatic hydroxyl groups is 1. The van der Waals surface area contributed by atoms with Crippen LogP contribution in [0.3, 0.4) is 0 Å². The molecule has 0 aliphatic heterocycles. The Kier molecular flexibility index (Phi) is 5.25. The molecular formula is C12H15ClO4. The van der Waals surface area contributed by atoms with Crippen molar-refractivity contribution in [2.45, 2.75) is 6.92 Å². The summed E-state index contributed by atoms with van der Waals surface area (Å²) in [6.45, 7) is 2.16. The highest BCUT2D eigenvalue weighted by molar-refractivity contribution is 6.31. The van der Waals surface area contributed by atoms with Crippen molar-refractivity contribution < 1.29 is 19.4 Å². The summed E-state index contributed by atoms with van der Waals surface area (Å²) >= 11 is 5.84. The third-order valence-corrected chi connectivity index (χ3v) is 2.44. The predicted octanol–water partition coefficient (Wildman–Crippen LogP) is 2.17. The van der Waals surface area contributed by atoms with Gasteiger partial charge in [0, 0.05) is 23.6 Å². The Labute approximate surface area is 105 Å². The molecule has 0 amide bonds. The van der Waals surface area contributed by atoms with Crippen LogP contribution in [0.4, 0.5) is 0 Å². The van der Waals surface area contributed by atoms with Crippen molar-refractivity contribution in [1.82, 2.24) is 0 Å². The van der Waals surface area contributed by atoms with Crippen molar-refractivity contribution in [2.75, 3.05) is 20.3 Å². The zero-order valence-corrected chi connectivity index (χ0v) is 10.5. The molecule has 0 radical (unpaired) electrons. The standard InChI is InChI=1S/C12H15ClO4/c1-8(5-14)7-17-12-9(6-15)3-10(13)4-11(12)16-2/h3-4,6,8,14H,5,7H2,1-2H3. The summed E-state index contributed by atoms with van der Waals surface area (Å²) in [5.41, 5.74) is 0.333. The molecule has 5 heteroatoms. The number of carbonyl (C=O) groups is 1. The monoisotopic (exact) mass is 258 g/mol. The minimum atomic E-state index is -0.0186. The molecule has 0 bridgehead atoms. The van der Waals surface area contributed by atoms with Crippen molar-refractivity contribution >= 4 is 17.9 Å². The number of rotatable bonds is 6. The first-order chi connectivity index (χ1) is 8.12. The molecule has 1 N–H and O–H groups in total. The van der Waals surface area contributed by atoms with Crippen LogP contribution in [-0.2, 0) is 0 Å². The highest BCUT2D eigenvalue weighted by atomic mass is 35.5. The summed E-state index contributed by atoms with van der Waals surface area (Å²) in [5.74, 6) is 0.742. The lowest BCUT2D eigenvalue weighted by atomic mass is 10.2. The molecule has 0 aromatic heterocycles. The van der Waals surface area contributed by atoms with E-state index < -0.39 is 0 Å². The zero-order valence-electron chi connectivity index (χ0n) is 9.77. The number of hydrogen-bond donors (Lipinski definition) is 1. The second kappa shape index (κ2) is 6.47. The van der Waals surface area contributed by atoms with Crippen LogP contribution in [0.2, 0.25) is 5.02 Å². The van der Waals surface area contributed by atoms with E-state index in [2.05, 4.69) is 0 Å². The first-order valence-electron chi connectivity index (χ1n) is 5.18. The van der Waals surface area contributed by atoms with E-state index in [1.54, 1.807) is 6.07 Å². The fourth-order valence-electron chi connectivity index (χ4n) is 1.26. The van der Waals surface area contributed by atoms with Crippen LogP contribution in [0.15, 0.2) is 12.1 Å². The molecule has 0 heterocycles. The van der Waals surface area contributed by atoms with Crippen molar-refractivity contribution in [3.05, 3.63) is 22.7 Å². The molecule has 1 aromatic rings. The quantitative estimate of drug-likeness (QED) is 0.795. The van der Waals surface area contributed by atoms with Crippen molar-refractivity contribution in [1.29, 1.82) is 0 Å². The van der Waals surface area contributed by atoms with Gasteiger partial charge in [-0.2, -0.15) is 0 Å². The number of hydrogen-bond acceptors (Lipinski definition) is 4. The van der Waals surface area contributed by atoms with Gasteiger partial charge in [-0.25, -0.2) is 0 Å². The fourth-order valence-corrected chi connectivity index (χ4v) is 1.48. The van der Waals surface area contributed by atoms with Crippen LogP contribution in [-0.4, -0.2) is 31.7 Å². The lowest BCUT2D eigenvalue weighted by Gasteiger charge is -2.15. The maximum Gasteiger partial charge on any atom is 0.171 e. The van der Waals surface area contributed by atoms with E-state index in [-0.39, 0.29) is 12.5 Å². The Morgan fingerprint density at radius 1 is 1.53 bits per heavy atom. The Morgan fingerprint density at radius 2 is 2.24 bits per heavy atom. The van der Waals surface area contributed by atoms with Gasteiger partial charge >= 0.3 is 0 Å². The molecule has 0 spiro atoms. The van der Waals surface area contributed by atoms with Crippen molar-refractivity contribution in [2.24, 2.45) is 5.92 Å². The predicted molar refractivity (Wildman–Crippen MR) is 65.1 cm³/mol. The second-order valence-electron chi connectivity index (χ2n) is 3.74. The van der Waals surface area contributed by atoms with E-state index in [0.29, 0.717) is 35.0 Å². The molecule has 94 valence electrons. The first kappa shape index (κ1) is 13.8. The minimum absolute atomic E-state index is 0.0186. The van der Waals surface area contributed by atoms with E-state index in [4.69, 9.17) is 26.2 Å². The van der Waals surface area contributed by atoms with E-state index >= 15 is 0 Å². The third kappa shape index (κ3) is 3.61. The van der Waals surface area contributed by atoms with Gasteiger partial charge in [0.15, 0.2) is 17.8 Å². The molecule has 0 aliphatic carbocycles. The van der Waals surface area contributed by atoms with Gasteiger partial charge < -0.3 is 14.6 Å². The summed E-state index contributed by atoms with van der Waals surface area (Å²) < 4.78 is 10.6. The molecule has 0 fully saturated rings. The molecule has 1 rings (SSSR count). The van der Waals surface area contributed by atoms with Gasteiger partial charge in [-0.3, -0.25) is 4.79 Å². The highest BCUT2D eigenvalue weighted by Gasteiger charge is 2.13. The number of aliphatic hydroxyl groups excluding tert-OH is 1. The molecule has 17 heavy (non-hydrogen) atoms. The smallest absolute Gasteiger partial charge is 0.171 e. The summed E-state index contributed by atoms with van der Waals surface area (Å²) in [5, 5.41) is 9.32. The van der Waals surface area contributed by atoms with Gasteiger partial charge in [-0.05, 0) is 6.07 Å². The zero-order chi connectivity index (χ0) is 12.8. The van der Waals surface area contributed by atoms with Gasteiger partial charge in [0.25, 0.3) is 0 Å². The van der Waals surface area contributed by atoms with Crippen molar-refractivity contribution in [3.8, 4) is 11.5 Å². The van der Waals surface area contributed by atoms with Gasteiger partial charge in [-0.15, -0.1) is 0 Å². The number of ether oxygens (including phenoxy) is 2. The molecule has 1 atom stereocenters. The van der Waals surface area contributed by atoms with Crippen LogP contribution >= 0.6 is 11.6 Å². The molecule has 0 aliphatic rings. The summed E-state index contributed by atoms with van der Waals surface area (Å²) in [6.07, 6.45) is 0.660. The second-order valence-corrected chi connectivity index (χ2v) is 4.18. The van der Waals surface area contributed by atoms with Crippen LogP contribution < -0.4 is 9.47 Å². The molecule has 0 saturated heterocycles. The van der Waals surface area contributed by atoms with E-state index in [0.717, 1.165) is 0 Å². The number of aldehydes is 1. The van der Waals surface area contributed by atoms with E-state index in [1.807, 2.05) is 6.92 Å². The highest BCUT2D eigenvalue weighted by Crippen LogP contribution is 2.34. The number of methoxy groups -OCH3 is 1. The number of benzene rings is 1. The van der Waals surface area contributed by atoms with Crippen LogP contribution in [0.25, 0.3) is 0 Å². The van der Waals surface area contributed by atoms with Gasteiger partial charge in [0.1, 0.15) is 0 Å². The topological polar surface area (TPSA) is 55.8 Å². The molecule has 1 aromatic carbocycles. The Bertz CT molecular complexity index is 392. The Hall–Kier alpha value is -1.26. The average Bonchev–Trinajstić information content (AvgIpc) is 2.35. The number of carbonyl (C=O) groups excluding carboxylic acids is 1. The third-order valence-electron chi connectivity index (χ3n) is 2.22. The largest absolute Gasteiger partial charge is 0.493 e. The lowest BCUT2D eigenvalue weighted by Crippen LogP contribution is -2.13. The maximum absolute atomic E-state index is 10.9. The number of halogens is 1. The van der Waals surface area contributed by atoms with Gasteiger partial charge in [0.05, 0.1) is 19.3 Å². The average molecular weight is 259 g/mol. The first-order valence-corrected chi connectivity index (χ1v) is 5.56. The summed E-state index contributed by atoms with van der Waals surface area (Å²) in [7, 11) is 1.47. The van der Waals surface area contributed by atoms with Crippen LogP contribution in [0.1, 0.15) is 17.3 Å². The molecule has 4 nitrogen and oxygen atoms in total. The fraction of sp³-hybridized carbons (Fsp3) is 0.417. The van der Waals surface area contributed by atoms with Crippen LogP contribution in [0, 0.1) is 5.92 Å². The minimum Gasteiger partial charge on any atom is -0.493 e. The Balaban J connectivity index is 2.98. The summed E-state index contributed by atoms with van der Waals surface area (Å²) in [4.78, 5) is 10.9. The molecule has 1 unspecified atom stereocenters. The molecule has 0 saturated carbocycles. The van der Waals surface area contributed by atoms with Gasteiger partial charge in [0.2, 0.25) is 0 Å².